The van der Waals surface area contributed by atoms with Gasteiger partial charge in [0, 0.05) is 18.0 Å². The summed E-state index contributed by atoms with van der Waals surface area (Å²) in [7, 11) is 0. The summed E-state index contributed by atoms with van der Waals surface area (Å²) >= 11 is 0. The molecule has 0 saturated heterocycles. The van der Waals surface area contributed by atoms with Crippen molar-refractivity contribution in [3.8, 4) is 5.75 Å². The van der Waals surface area contributed by atoms with Gasteiger partial charge in [0.1, 0.15) is 11.9 Å². The molecule has 1 aromatic carbocycles. The summed E-state index contributed by atoms with van der Waals surface area (Å²) in [6.45, 7) is 3.90. The van der Waals surface area contributed by atoms with Gasteiger partial charge in [-0.3, -0.25) is 9.97 Å². The molecule has 4 nitrogen and oxygen atoms in total. The maximum absolute atomic E-state index is 10.3. The van der Waals surface area contributed by atoms with E-state index in [9.17, 15) is 5.11 Å². The Morgan fingerprint density at radius 2 is 1.94 bits per heavy atom. The molecule has 0 radical (unpaired) electrons. The van der Waals surface area contributed by atoms with Gasteiger partial charge in [-0.25, -0.2) is 0 Å². The summed E-state index contributed by atoms with van der Waals surface area (Å²) in [5.41, 5.74) is 1.21. The molecule has 0 amide bonds. The summed E-state index contributed by atoms with van der Waals surface area (Å²) in [6.07, 6.45) is 3.92. The Kier molecular flexibility index (Phi) is 3.89. The summed E-state index contributed by atoms with van der Waals surface area (Å²) in [5, 5.41) is 10.3. The lowest BCUT2D eigenvalue weighted by Gasteiger charge is -2.17. The van der Waals surface area contributed by atoms with Gasteiger partial charge in [0.25, 0.3) is 0 Å². The van der Waals surface area contributed by atoms with Gasteiger partial charge in [-0.2, -0.15) is 0 Å². The Balaban J connectivity index is 2.33. The minimum absolute atomic E-state index is 0.0557. The van der Waals surface area contributed by atoms with Crippen LogP contribution in [0.15, 0.2) is 42.9 Å². The third-order valence-corrected chi connectivity index (χ3v) is 2.44. The van der Waals surface area contributed by atoms with Crippen LogP contribution in [-0.4, -0.2) is 21.2 Å². The molecule has 0 aliphatic rings. The second-order valence-electron chi connectivity index (χ2n) is 4.24. The van der Waals surface area contributed by atoms with E-state index in [1.807, 2.05) is 38.1 Å². The fourth-order valence-corrected chi connectivity index (χ4v) is 1.68. The van der Waals surface area contributed by atoms with Crippen LogP contribution < -0.4 is 4.74 Å². The fraction of sp³-hybridized carbons (Fsp3) is 0.286. The molecule has 0 aliphatic heterocycles. The van der Waals surface area contributed by atoms with E-state index < -0.39 is 6.10 Å². The maximum Gasteiger partial charge on any atom is 0.126 e. The monoisotopic (exact) mass is 244 g/mol. The minimum atomic E-state index is -0.825. The Morgan fingerprint density at radius 3 is 2.61 bits per heavy atom. The van der Waals surface area contributed by atoms with Gasteiger partial charge in [-0.1, -0.05) is 18.2 Å². The molecule has 2 aromatic rings. The van der Waals surface area contributed by atoms with E-state index in [0.29, 0.717) is 17.0 Å². The Bertz CT molecular complexity index is 500. The van der Waals surface area contributed by atoms with Crippen LogP contribution in [0.1, 0.15) is 31.2 Å². The summed E-state index contributed by atoms with van der Waals surface area (Å²) in [6, 6.07) is 7.42. The van der Waals surface area contributed by atoms with Crippen molar-refractivity contribution < 1.29 is 9.84 Å². The van der Waals surface area contributed by atoms with Crippen molar-refractivity contribution in [3.05, 3.63) is 54.1 Å². The average molecular weight is 244 g/mol. The number of aliphatic hydroxyl groups excluding tert-OH is 1. The lowest BCUT2D eigenvalue weighted by atomic mass is 10.1. The van der Waals surface area contributed by atoms with E-state index in [1.54, 1.807) is 18.6 Å². The number of para-hydroxylation sites is 1. The van der Waals surface area contributed by atoms with Crippen molar-refractivity contribution in [2.75, 3.05) is 0 Å². The van der Waals surface area contributed by atoms with Crippen molar-refractivity contribution in [1.82, 2.24) is 9.97 Å². The standard InChI is InChI=1S/C14H16N2O2/c1-10(2)18-13-6-4-3-5-11(13)14(17)12-9-15-7-8-16-12/h3-10,14,17H,1-2H3. The zero-order chi connectivity index (χ0) is 13.0. The van der Waals surface area contributed by atoms with E-state index in [4.69, 9.17) is 4.74 Å². The minimum Gasteiger partial charge on any atom is -0.491 e. The number of aromatic nitrogens is 2. The van der Waals surface area contributed by atoms with Crippen LogP contribution in [-0.2, 0) is 0 Å². The Hall–Kier alpha value is -1.94. The number of hydrogen-bond donors (Lipinski definition) is 1. The van der Waals surface area contributed by atoms with Gasteiger partial charge in [0.2, 0.25) is 0 Å². The molecular weight excluding hydrogens is 228 g/mol. The second kappa shape index (κ2) is 5.60. The molecule has 0 aliphatic carbocycles. The molecule has 1 aromatic heterocycles. The zero-order valence-corrected chi connectivity index (χ0v) is 10.4. The molecule has 1 N–H and O–H groups in total. The third kappa shape index (κ3) is 2.84. The SMILES string of the molecule is CC(C)Oc1ccccc1C(O)c1cnccn1. The third-order valence-electron chi connectivity index (χ3n) is 2.44. The highest BCUT2D eigenvalue weighted by atomic mass is 16.5. The van der Waals surface area contributed by atoms with E-state index in [0.717, 1.165) is 0 Å². The first-order chi connectivity index (χ1) is 8.68. The van der Waals surface area contributed by atoms with Crippen molar-refractivity contribution in [2.24, 2.45) is 0 Å². The van der Waals surface area contributed by atoms with Gasteiger partial charge in [0.15, 0.2) is 0 Å². The smallest absolute Gasteiger partial charge is 0.126 e. The molecule has 0 saturated carbocycles. The number of benzene rings is 1. The van der Waals surface area contributed by atoms with Crippen molar-refractivity contribution >= 4 is 0 Å². The second-order valence-corrected chi connectivity index (χ2v) is 4.24. The predicted molar refractivity (Wildman–Crippen MR) is 68.3 cm³/mol. The quantitative estimate of drug-likeness (QED) is 0.897. The number of ether oxygens (including phenoxy) is 1. The van der Waals surface area contributed by atoms with Gasteiger partial charge in [-0.15, -0.1) is 0 Å². The van der Waals surface area contributed by atoms with Gasteiger partial charge >= 0.3 is 0 Å². The number of aliphatic hydroxyl groups is 1. The molecule has 94 valence electrons. The lowest BCUT2D eigenvalue weighted by molar-refractivity contribution is 0.194. The number of hydrogen-bond acceptors (Lipinski definition) is 4. The Morgan fingerprint density at radius 1 is 1.17 bits per heavy atom. The summed E-state index contributed by atoms with van der Waals surface area (Å²) < 4.78 is 5.68. The zero-order valence-electron chi connectivity index (χ0n) is 10.4. The van der Waals surface area contributed by atoms with Crippen LogP contribution in [0.2, 0.25) is 0 Å². The predicted octanol–water partition coefficient (Wildman–Crippen LogP) is 2.35. The van der Waals surface area contributed by atoms with E-state index in [1.165, 1.54) is 0 Å². The van der Waals surface area contributed by atoms with Crippen LogP contribution in [0.4, 0.5) is 0 Å². The molecule has 1 unspecified atom stereocenters. The fourth-order valence-electron chi connectivity index (χ4n) is 1.68. The van der Waals surface area contributed by atoms with E-state index in [-0.39, 0.29) is 6.10 Å². The normalized spacial score (nSPS) is 12.4. The lowest BCUT2D eigenvalue weighted by Crippen LogP contribution is -2.10. The summed E-state index contributed by atoms with van der Waals surface area (Å²) in [5.74, 6) is 0.672. The number of nitrogens with zero attached hydrogens (tertiary/aromatic N) is 2. The van der Waals surface area contributed by atoms with Gasteiger partial charge in [0.05, 0.1) is 18.0 Å². The largest absolute Gasteiger partial charge is 0.491 e. The first kappa shape index (κ1) is 12.5. The van der Waals surface area contributed by atoms with E-state index in [2.05, 4.69) is 9.97 Å². The average Bonchev–Trinajstić information content (AvgIpc) is 2.39. The van der Waals surface area contributed by atoms with Crippen molar-refractivity contribution in [3.63, 3.8) is 0 Å². The molecule has 0 fully saturated rings. The molecular formula is C14H16N2O2. The van der Waals surface area contributed by atoms with E-state index >= 15 is 0 Å². The maximum atomic E-state index is 10.3. The van der Waals surface area contributed by atoms with Crippen molar-refractivity contribution in [1.29, 1.82) is 0 Å². The van der Waals surface area contributed by atoms with Gasteiger partial charge < -0.3 is 9.84 Å². The van der Waals surface area contributed by atoms with Crippen molar-refractivity contribution in [2.45, 2.75) is 26.1 Å². The molecule has 4 heteroatoms. The molecule has 18 heavy (non-hydrogen) atoms. The van der Waals surface area contributed by atoms with Crippen LogP contribution in [0.3, 0.4) is 0 Å². The summed E-state index contributed by atoms with van der Waals surface area (Å²) in [4.78, 5) is 8.07. The molecule has 0 spiro atoms. The van der Waals surface area contributed by atoms with Crippen LogP contribution in [0, 0.1) is 0 Å². The number of rotatable bonds is 4. The highest BCUT2D eigenvalue weighted by Crippen LogP contribution is 2.29. The van der Waals surface area contributed by atoms with Crippen LogP contribution >= 0.6 is 0 Å². The highest BCUT2D eigenvalue weighted by molar-refractivity contribution is 5.38. The van der Waals surface area contributed by atoms with Gasteiger partial charge in [-0.05, 0) is 19.9 Å². The van der Waals surface area contributed by atoms with Crippen LogP contribution in [0.5, 0.6) is 5.75 Å². The molecule has 1 atom stereocenters. The van der Waals surface area contributed by atoms with Crippen LogP contribution in [0.25, 0.3) is 0 Å². The topological polar surface area (TPSA) is 55.2 Å². The molecule has 0 bridgehead atoms. The molecule has 1 heterocycles. The Labute approximate surface area is 106 Å². The first-order valence-corrected chi connectivity index (χ1v) is 5.88. The highest BCUT2D eigenvalue weighted by Gasteiger charge is 2.17. The first-order valence-electron chi connectivity index (χ1n) is 5.88. The molecule has 2 rings (SSSR count).